The van der Waals surface area contributed by atoms with Gasteiger partial charge in [-0.05, 0) is 31.6 Å². The molecule has 7 heteroatoms. The summed E-state index contributed by atoms with van der Waals surface area (Å²) in [5.41, 5.74) is 0.294. The van der Waals surface area contributed by atoms with Crippen LogP contribution in [-0.2, 0) is 4.74 Å². The molecule has 0 saturated carbocycles. The van der Waals surface area contributed by atoms with Crippen LogP contribution in [-0.4, -0.2) is 45.0 Å². The van der Waals surface area contributed by atoms with Crippen LogP contribution >= 0.6 is 0 Å². The van der Waals surface area contributed by atoms with Crippen LogP contribution in [0.3, 0.4) is 0 Å². The second-order valence-corrected chi connectivity index (χ2v) is 6.67. The molecule has 0 fully saturated rings. The molecule has 0 aliphatic carbocycles. The van der Waals surface area contributed by atoms with Crippen LogP contribution in [0.25, 0.3) is 0 Å². The van der Waals surface area contributed by atoms with Crippen LogP contribution in [0.15, 0.2) is 4.99 Å². The Hall–Kier alpha value is -0.980. The van der Waals surface area contributed by atoms with Crippen LogP contribution in [0.4, 0.5) is 13.2 Å². The highest BCUT2D eigenvalue weighted by atomic mass is 19.4. The monoisotopic (exact) mass is 325 g/mol. The lowest BCUT2D eigenvalue weighted by Gasteiger charge is -2.23. The molecule has 0 aromatic heterocycles. The highest BCUT2D eigenvalue weighted by Crippen LogP contribution is 2.21. The zero-order chi connectivity index (χ0) is 17.2. The van der Waals surface area contributed by atoms with E-state index >= 15 is 0 Å². The Labute approximate surface area is 131 Å². The summed E-state index contributed by atoms with van der Waals surface area (Å²) in [5.74, 6) is 0.664. The van der Waals surface area contributed by atoms with Crippen LogP contribution < -0.4 is 10.6 Å². The fourth-order valence-corrected chi connectivity index (χ4v) is 1.72. The van der Waals surface area contributed by atoms with Crippen molar-refractivity contribution in [2.24, 2.45) is 10.4 Å². The molecule has 1 unspecified atom stereocenters. The van der Waals surface area contributed by atoms with E-state index in [0.29, 0.717) is 24.3 Å². The number of aliphatic imine (C=N–C) groups is 1. The van der Waals surface area contributed by atoms with E-state index in [0.717, 1.165) is 12.8 Å². The van der Waals surface area contributed by atoms with E-state index in [9.17, 15) is 13.2 Å². The highest BCUT2D eigenvalue weighted by Gasteiger charge is 2.27. The maximum atomic E-state index is 11.9. The van der Waals surface area contributed by atoms with E-state index in [1.165, 1.54) is 0 Å². The van der Waals surface area contributed by atoms with E-state index < -0.39 is 12.8 Å². The third-order valence-corrected chi connectivity index (χ3v) is 2.96. The van der Waals surface area contributed by atoms with Crippen molar-refractivity contribution in [2.45, 2.75) is 59.2 Å². The average molecular weight is 325 g/mol. The maximum Gasteiger partial charge on any atom is 0.411 e. The molecule has 0 saturated heterocycles. The predicted molar refractivity (Wildman–Crippen MR) is 84.1 cm³/mol. The van der Waals surface area contributed by atoms with Gasteiger partial charge in [-0.2, -0.15) is 13.2 Å². The molecule has 4 nitrogen and oxygen atoms in total. The van der Waals surface area contributed by atoms with Gasteiger partial charge in [0.1, 0.15) is 6.61 Å². The van der Waals surface area contributed by atoms with Crippen molar-refractivity contribution in [2.75, 3.05) is 26.8 Å². The molecule has 22 heavy (non-hydrogen) atoms. The van der Waals surface area contributed by atoms with Crippen LogP contribution in [0.5, 0.6) is 0 Å². The number of hydrogen-bond acceptors (Lipinski definition) is 2. The standard InChI is InChI=1S/C15H30F3N3O/c1-12(7-8-14(2,3)4)21-13(19-5)20-9-6-10-22-11-15(16,17)18/h12H,6-11H2,1-5H3,(H2,19,20,21). The van der Waals surface area contributed by atoms with Crippen molar-refractivity contribution in [3.8, 4) is 0 Å². The van der Waals surface area contributed by atoms with Crippen molar-refractivity contribution in [1.82, 2.24) is 10.6 Å². The first kappa shape index (κ1) is 21.0. The molecule has 0 bridgehead atoms. The summed E-state index contributed by atoms with van der Waals surface area (Å²) in [6.07, 6.45) is -1.64. The van der Waals surface area contributed by atoms with Crippen LogP contribution in [0.2, 0.25) is 0 Å². The summed E-state index contributed by atoms with van der Waals surface area (Å²) in [7, 11) is 1.67. The second-order valence-electron chi connectivity index (χ2n) is 6.67. The zero-order valence-corrected chi connectivity index (χ0v) is 14.3. The summed E-state index contributed by atoms with van der Waals surface area (Å²) in [6.45, 7) is 8.09. The van der Waals surface area contributed by atoms with Gasteiger partial charge in [0, 0.05) is 26.2 Å². The van der Waals surface area contributed by atoms with Crippen LogP contribution in [0, 0.1) is 5.41 Å². The molecule has 0 radical (unpaired) electrons. The molecular weight excluding hydrogens is 295 g/mol. The lowest BCUT2D eigenvalue weighted by atomic mass is 9.89. The van der Waals surface area contributed by atoms with E-state index in [2.05, 4.69) is 48.1 Å². The minimum absolute atomic E-state index is 0.0725. The first-order valence-corrected chi connectivity index (χ1v) is 7.65. The Morgan fingerprint density at radius 2 is 1.86 bits per heavy atom. The molecule has 0 spiro atoms. The van der Waals surface area contributed by atoms with Gasteiger partial charge < -0.3 is 15.4 Å². The molecular formula is C15H30F3N3O. The Morgan fingerprint density at radius 3 is 2.36 bits per heavy atom. The number of halogens is 3. The van der Waals surface area contributed by atoms with Crippen molar-refractivity contribution < 1.29 is 17.9 Å². The van der Waals surface area contributed by atoms with Gasteiger partial charge >= 0.3 is 6.18 Å². The van der Waals surface area contributed by atoms with Crippen molar-refractivity contribution in [3.05, 3.63) is 0 Å². The van der Waals surface area contributed by atoms with Gasteiger partial charge in [0.05, 0.1) is 0 Å². The van der Waals surface area contributed by atoms with Gasteiger partial charge in [-0.15, -0.1) is 0 Å². The topological polar surface area (TPSA) is 45.7 Å². The first-order valence-electron chi connectivity index (χ1n) is 7.65. The number of nitrogens with zero attached hydrogens (tertiary/aromatic N) is 1. The summed E-state index contributed by atoms with van der Waals surface area (Å²) >= 11 is 0. The Bertz CT molecular complexity index is 325. The fraction of sp³-hybridized carbons (Fsp3) is 0.933. The SMILES string of the molecule is CN=C(NCCCOCC(F)(F)F)NC(C)CCC(C)(C)C. The van der Waals surface area contributed by atoms with E-state index in [1.54, 1.807) is 7.05 Å². The Balaban J connectivity index is 3.80. The molecule has 0 aromatic rings. The molecule has 2 N–H and O–H groups in total. The first-order chi connectivity index (χ1) is 10.0. The van der Waals surface area contributed by atoms with Gasteiger partial charge in [0.2, 0.25) is 0 Å². The summed E-state index contributed by atoms with van der Waals surface area (Å²) in [4.78, 5) is 4.10. The predicted octanol–water partition coefficient (Wildman–Crippen LogP) is 3.34. The number of nitrogens with one attached hydrogen (secondary N) is 2. The quantitative estimate of drug-likeness (QED) is 0.409. The van der Waals surface area contributed by atoms with Crippen molar-refractivity contribution in [3.63, 3.8) is 0 Å². The highest BCUT2D eigenvalue weighted by molar-refractivity contribution is 5.79. The minimum atomic E-state index is -4.26. The van der Waals surface area contributed by atoms with Gasteiger partial charge in [-0.25, -0.2) is 0 Å². The van der Waals surface area contributed by atoms with Gasteiger partial charge in [-0.1, -0.05) is 20.8 Å². The number of rotatable bonds is 8. The largest absolute Gasteiger partial charge is 0.411 e. The zero-order valence-electron chi connectivity index (χ0n) is 14.3. The van der Waals surface area contributed by atoms with Crippen molar-refractivity contribution in [1.29, 1.82) is 0 Å². The lowest BCUT2D eigenvalue weighted by Crippen LogP contribution is -2.43. The summed E-state index contributed by atoms with van der Waals surface area (Å²) in [6, 6.07) is 0.284. The third kappa shape index (κ3) is 14.0. The molecule has 132 valence electrons. The van der Waals surface area contributed by atoms with Crippen LogP contribution in [0.1, 0.15) is 47.0 Å². The number of hydrogen-bond donors (Lipinski definition) is 2. The van der Waals surface area contributed by atoms with E-state index in [1.807, 2.05) is 0 Å². The molecule has 1 atom stereocenters. The molecule has 0 heterocycles. The van der Waals surface area contributed by atoms with Gasteiger partial charge in [0.15, 0.2) is 5.96 Å². The molecule has 0 rings (SSSR count). The average Bonchev–Trinajstić information content (AvgIpc) is 2.37. The normalized spacial score (nSPS) is 14.8. The smallest absolute Gasteiger partial charge is 0.372 e. The summed E-state index contributed by atoms with van der Waals surface area (Å²) in [5, 5.41) is 6.35. The van der Waals surface area contributed by atoms with Crippen molar-refractivity contribution >= 4 is 5.96 Å². The molecule has 0 aliphatic heterocycles. The third-order valence-electron chi connectivity index (χ3n) is 2.96. The van der Waals surface area contributed by atoms with E-state index in [4.69, 9.17) is 0 Å². The molecule has 0 aromatic carbocycles. The minimum Gasteiger partial charge on any atom is -0.372 e. The molecule has 0 amide bonds. The number of alkyl halides is 3. The van der Waals surface area contributed by atoms with Gasteiger partial charge in [-0.3, -0.25) is 4.99 Å². The Morgan fingerprint density at radius 1 is 1.23 bits per heavy atom. The molecule has 0 aliphatic rings. The maximum absolute atomic E-state index is 11.9. The fourth-order valence-electron chi connectivity index (χ4n) is 1.72. The second kappa shape index (κ2) is 9.92. The van der Waals surface area contributed by atoms with E-state index in [-0.39, 0.29) is 12.6 Å². The number of guanidine groups is 1. The lowest BCUT2D eigenvalue weighted by molar-refractivity contribution is -0.173. The Kier molecular flexibility index (Phi) is 9.48. The summed E-state index contributed by atoms with van der Waals surface area (Å²) < 4.78 is 40.2. The van der Waals surface area contributed by atoms with Gasteiger partial charge in [0.25, 0.3) is 0 Å². The number of ether oxygens (including phenoxy) is 1.